The molecule has 0 radical (unpaired) electrons. The molecule has 2 aromatic carbocycles. The lowest BCUT2D eigenvalue weighted by Crippen LogP contribution is -2.44. The third-order valence-corrected chi connectivity index (χ3v) is 4.89. The number of thiol groups is 2. The molecule has 2 atom stereocenters. The molecule has 0 aliphatic heterocycles. The second-order valence-electron chi connectivity index (χ2n) is 6.53. The summed E-state index contributed by atoms with van der Waals surface area (Å²) >= 11 is 7.75. The molecule has 32 heavy (non-hydrogen) atoms. The molecule has 0 aliphatic carbocycles. The van der Waals surface area contributed by atoms with Crippen LogP contribution >= 0.6 is 25.3 Å². The highest BCUT2D eigenvalue weighted by Crippen LogP contribution is 2.25. The fourth-order valence-corrected chi connectivity index (χ4v) is 3.02. The van der Waals surface area contributed by atoms with Crippen LogP contribution in [0.25, 0.3) is 10.8 Å². The van der Waals surface area contributed by atoms with Crippen LogP contribution in [-0.4, -0.2) is 70.8 Å². The van der Waals surface area contributed by atoms with E-state index < -0.39 is 35.8 Å². The van der Waals surface area contributed by atoms with E-state index in [0.717, 1.165) is 5.39 Å². The molecule has 2 amide bonds. The summed E-state index contributed by atoms with van der Waals surface area (Å²) in [6.45, 7) is -0.759. The van der Waals surface area contributed by atoms with Gasteiger partial charge in [-0.3, -0.25) is 9.59 Å². The van der Waals surface area contributed by atoms with E-state index in [1.165, 1.54) is 0 Å². The maximum absolute atomic E-state index is 11.9. The van der Waals surface area contributed by atoms with E-state index in [1.807, 2.05) is 0 Å². The number of carbonyl (C=O) groups is 4. The first kappa shape index (κ1) is 25.1. The predicted molar refractivity (Wildman–Crippen MR) is 122 cm³/mol. The third-order valence-electron chi connectivity index (χ3n) is 4.15. The van der Waals surface area contributed by atoms with Gasteiger partial charge in [-0.25, -0.2) is 9.59 Å². The number of ether oxygens (including phenoxy) is 2. The van der Waals surface area contributed by atoms with Crippen molar-refractivity contribution < 1.29 is 38.9 Å². The summed E-state index contributed by atoms with van der Waals surface area (Å²) in [5.74, 6) is -2.94. The van der Waals surface area contributed by atoms with Crippen LogP contribution in [0, 0.1) is 0 Å². The molecule has 10 nitrogen and oxygen atoms in total. The minimum atomic E-state index is -1.19. The number of carboxylic acids is 2. The number of carboxylic acid groups (broad SMARTS) is 2. The van der Waals surface area contributed by atoms with Crippen LogP contribution in [0.2, 0.25) is 0 Å². The van der Waals surface area contributed by atoms with Gasteiger partial charge in [0.2, 0.25) is 0 Å². The first-order valence-electron chi connectivity index (χ1n) is 9.29. The Balaban J connectivity index is 1.97. The van der Waals surface area contributed by atoms with E-state index in [2.05, 4.69) is 35.9 Å². The highest BCUT2D eigenvalue weighted by molar-refractivity contribution is 7.80. The number of amides is 2. The minimum Gasteiger partial charge on any atom is -0.484 e. The van der Waals surface area contributed by atoms with Gasteiger partial charge in [0.05, 0.1) is 0 Å². The molecule has 172 valence electrons. The molecule has 12 heteroatoms. The predicted octanol–water partition coefficient (Wildman–Crippen LogP) is 0.596. The molecule has 0 unspecified atom stereocenters. The highest BCUT2D eigenvalue weighted by atomic mass is 32.1. The zero-order valence-corrected chi connectivity index (χ0v) is 18.5. The Labute approximate surface area is 194 Å². The summed E-state index contributed by atoms with van der Waals surface area (Å²) < 4.78 is 10.8. The van der Waals surface area contributed by atoms with Crippen molar-refractivity contribution in [2.24, 2.45) is 0 Å². The Morgan fingerprint density at radius 2 is 1.16 bits per heavy atom. The van der Waals surface area contributed by atoms with Crippen LogP contribution in [-0.2, 0) is 19.2 Å². The van der Waals surface area contributed by atoms with Crippen molar-refractivity contribution in [3.63, 3.8) is 0 Å². The maximum Gasteiger partial charge on any atom is 0.327 e. The summed E-state index contributed by atoms with van der Waals surface area (Å²) in [5.41, 5.74) is 0. The summed E-state index contributed by atoms with van der Waals surface area (Å²) in [5, 5.41) is 24.0. The Morgan fingerprint density at radius 3 is 1.50 bits per heavy atom. The smallest absolute Gasteiger partial charge is 0.327 e. The van der Waals surface area contributed by atoms with E-state index in [0.29, 0.717) is 16.9 Å². The average molecular weight is 483 g/mol. The number of rotatable bonds is 12. The molecule has 0 aliphatic rings. The first-order valence-corrected chi connectivity index (χ1v) is 10.6. The Morgan fingerprint density at radius 1 is 0.750 bits per heavy atom. The first-order chi connectivity index (χ1) is 15.2. The van der Waals surface area contributed by atoms with Crippen molar-refractivity contribution in [2.45, 2.75) is 12.1 Å². The monoisotopic (exact) mass is 482 g/mol. The van der Waals surface area contributed by atoms with Gasteiger partial charge in [-0.1, -0.05) is 12.1 Å². The fourth-order valence-electron chi connectivity index (χ4n) is 2.52. The number of aliphatic carboxylic acids is 2. The average Bonchev–Trinajstić information content (AvgIpc) is 2.77. The van der Waals surface area contributed by atoms with Gasteiger partial charge < -0.3 is 30.3 Å². The molecule has 0 saturated heterocycles. The summed E-state index contributed by atoms with van der Waals surface area (Å²) in [6.07, 6.45) is 0. The molecular weight excluding hydrogens is 460 g/mol. The molecule has 2 aromatic rings. The number of nitrogens with one attached hydrogen (secondary N) is 2. The van der Waals surface area contributed by atoms with Gasteiger partial charge >= 0.3 is 11.9 Å². The lowest BCUT2D eigenvalue weighted by molar-refractivity contribution is -0.141. The van der Waals surface area contributed by atoms with E-state index in [4.69, 9.17) is 19.7 Å². The van der Waals surface area contributed by atoms with Crippen LogP contribution in [0.15, 0.2) is 36.4 Å². The molecule has 0 aromatic heterocycles. The fraction of sp³-hybridized carbons (Fsp3) is 0.300. The highest BCUT2D eigenvalue weighted by Gasteiger charge is 2.19. The summed E-state index contributed by atoms with van der Waals surface area (Å²) in [4.78, 5) is 45.6. The lowest BCUT2D eigenvalue weighted by atomic mass is 10.1. The van der Waals surface area contributed by atoms with Gasteiger partial charge in [-0.15, -0.1) is 0 Å². The SMILES string of the molecule is O=C(COc1ccc2ccc(OCC(=O)N[C@@H](CS)C(=O)O)cc2c1)N[C@@H](CS)C(=O)O. The third kappa shape index (κ3) is 7.54. The van der Waals surface area contributed by atoms with E-state index >= 15 is 0 Å². The van der Waals surface area contributed by atoms with Crippen molar-refractivity contribution in [1.82, 2.24) is 10.6 Å². The second-order valence-corrected chi connectivity index (χ2v) is 7.26. The van der Waals surface area contributed by atoms with Gasteiger partial charge in [-0.05, 0) is 35.0 Å². The van der Waals surface area contributed by atoms with Crippen LogP contribution in [0.5, 0.6) is 11.5 Å². The molecule has 0 heterocycles. The summed E-state index contributed by atoms with van der Waals surface area (Å²) in [7, 11) is 0. The molecule has 4 N–H and O–H groups in total. The number of hydrogen-bond acceptors (Lipinski definition) is 8. The molecule has 2 rings (SSSR count). The summed E-state index contributed by atoms with van der Waals surface area (Å²) in [6, 6.07) is 7.92. The number of carbonyl (C=O) groups excluding carboxylic acids is 2. The zero-order valence-electron chi connectivity index (χ0n) is 16.7. The Hall–Kier alpha value is -3.12. The van der Waals surface area contributed by atoms with Crippen molar-refractivity contribution in [2.75, 3.05) is 24.7 Å². The number of fused-ring (bicyclic) bond motifs is 1. The van der Waals surface area contributed by atoms with Crippen molar-refractivity contribution in [3.8, 4) is 11.5 Å². The van der Waals surface area contributed by atoms with E-state index in [9.17, 15) is 19.2 Å². The minimum absolute atomic E-state index is 0.0521. The van der Waals surface area contributed by atoms with Crippen LogP contribution < -0.4 is 20.1 Å². The van der Waals surface area contributed by atoms with Crippen LogP contribution in [0.4, 0.5) is 0 Å². The van der Waals surface area contributed by atoms with Gasteiger partial charge in [0, 0.05) is 11.5 Å². The van der Waals surface area contributed by atoms with E-state index in [-0.39, 0.29) is 24.7 Å². The van der Waals surface area contributed by atoms with Gasteiger partial charge in [0.15, 0.2) is 13.2 Å². The molecule has 0 saturated carbocycles. The quantitative estimate of drug-likeness (QED) is 0.241. The van der Waals surface area contributed by atoms with Crippen LogP contribution in [0.3, 0.4) is 0 Å². The zero-order chi connectivity index (χ0) is 23.7. The number of hydrogen-bond donors (Lipinski definition) is 6. The maximum atomic E-state index is 11.9. The Kier molecular flexibility index (Phi) is 9.47. The molecule has 0 fully saturated rings. The van der Waals surface area contributed by atoms with Crippen molar-refractivity contribution >= 4 is 59.8 Å². The van der Waals surface area contributed by atoms with Gasteiger partial charge in [0.25, 0.3) is 11.8 Å². The van der Waals surface area contributed by atoms with Crippen molar-refractivity contribution in [3.05, 3.63) is 36.4 Å². The largest absolute Gasteiger partial charge is 0.484 e. The van der Waals surface area contributed by atoms with E-state index in [1.54, 1.807) is 36.4 Å². The van der Waals surface area contributed by atoms with Gasteiger partial charge in [0.1, 0.15) is 23.6 Å². The van der Waals surface area contributed by atoms with Gasteiger partial charge in [-0.2, -0.15) is 25.3 Å². The normalized spacial score (nSPS) is 12.4. The lowest BCUT2D eigenvalue weighted by Gasteiger charge is -2.13. The number of benzene rings is 2. The van der Waals surface area contributed by atoms with Crippen LogP contribution in [0.1, 0.15) is 0 Å². The second kappa shape index (κ2) is 12.1. The molecule has 0 bridgehead atoms. The van der Waals surface area contributed by atoms with Crippen molar-refractivity contribution in [1.29, 1.82) is 0 Å². The standard InChI is InChI=1S/C20H22N2O8S2/c23-17(21-15(9-31)19(25)26)7-29-13-3-1-11-2-4-14(6-12(11)5-13)30-8-18(24)22-16(10-32)20(27)28/h1-6,15-16,31-32H,7-10H2,(H,21,23)(H,22,24)(H,25,26)(H,27,28)/t15-,16-/m0/s1. The Bertz CT molecular complexity index is 926. The molecule has 0 spiro atoms. The topological polar surface area (TPSA) is 151 Å². The molecular formula is C20H22N2O8S2.